The zero-order chi connectivity index (χ0) is 16.6. The summed E-state index contributed by atoms with van der Waals surface area (Å²) in [6.45, 7) is 4.11. The van der Waals surface area contributed by atoms with Crippen molar-refractivity contribution >= 4 is 11.8 Å². The highest BCUT2D eigenvalue weighted by atomic mass is 16.4. The molecule has 0 atom stereocenters. The molecule has 1 saturated heterocycles. The number of rotatable bonds is 2. The van der Waals surface area contributed by atoms with Gasteiger partial charge in [0.25, 0.3) is 0 Å². The maximum atomic E-state index is 11.6. The first-order valence-electron chi connectivity index (χ1n) is 9.50. The standard InChI is InChI=1S/C20H28N2O2/c23-19(24)22-15-20(17-8-4-5-9-18(17)22)10-12-21(13-11-20)14-16-6-2-1-3-7-16/h4-5,8-9,16H,1-3,6-7,10-15H2,(H,23,24). The Morgan fingerprint density at radius 1 is 1.12 bits per heavy atom. The predicted molar refractivity (Wildman–Crippen MR) is 95.7 cm³/mol. The fourth-order valence-electron chi connectivity index (χ4n) is 5.13. The van der Waals surface area contributed by atoms with Crippen LogP contribution in [0.4, 0.5) is 10.5 Å². The number of para-hydroxylation sites is 1. The molecule has 3 aliphatic rings. The van der Waals surface area contributed by atoms with Crippen LogP contribution in [0.5, 0.6) is 0 Å². The van der Waals surface area contributed by atoms with Crippen LogP contribution in [0.3, 0.4) is 0 Å². The lowest BCUT2D eigenvalue weighted by Crippen LogP contribution is -2.47. The van der Waals surface area contributed by atoms with Crippen LogP contribution in [0.25, 0.3) is 0 Å². The summed E-state index contributed by atoms with van der Waals surface area (Å²) in [4.78, 5) is 15.8. The molecule has 1 N–H and O–H groups in total. The normalized spacial score (nSPS) is 24.2. The summed E-state index contributed by atoms with van der Waals surface area (Å²) in [6, 6.07) is 8.12. The van der Waals surface area contributed by atoms with E-state index in [9.17, 15) is 9.90 Å². The van der Waals surface area contributed by atoms with Gasteiger partial charge in [0.05, 0.1) is 5.69 Å². The van der Waals surface area contributed by atoms with E-state index in [4.69, 9.17) is 0 Å². The van der Waals surface area contributed by atoms with E-state index in [1.807, 2.05) is 12.1 Å². The summed E-state index contributed by atoms with van der Waals surface area (Å²) in [5.41, 5.74) is 2.20. The second-order valence-corrected chi connectivity index (χ2v) is 7.97. The molecule has 1 amide bonds. The monoisotopic (exact) mass is 328 g/mol. The van der Waals surface area contributed by atoms with E-state index in [0.717, 1.165) is 37.5 Å². The van der Waals surface area contributed by atoms with Gasteiger partial charge in [-0.25, -0.2) is 4.79 Å². The molecule has 0 unspecified atom stereocenters. The van der Waals surface area contributed by atoms with E-state index in [0.29, 0.717) is 6.54 Å². The fourth-order valence-corrected chi connectivity index (χ4v) is 5.13. The summed E-state index contributed by atoms with van der Waals surface area (Å²) in [7, 11) is 0. The Labute approximate surface area is 144 Å². The van der Waals surface area contributed by atoms with Crippen molar-refractivity contribution in [3.05, 3.63) is 29.8 Å². The highest BCUT2D eigenvalue weighted by Crippen LogP contribution is 2.47. The summed E-state index contributed by atoms with van der Waals surface area (Å²) >= 11 is 0. The lowest BCUT2D eigenvalue weighted by Gasteiger charge is -2.41. The predicted octanol–water partition coefficient (Wildman–Crippen LogP) is 4.10. The summed E-state index contributed by atoms with van der Waals surface area (Å²) in [5, 5.41) is 9.56. The Balaban J connectivity index is 1.45. The third kappa shape index (κ3) is 2.81. The quantitative estimate of drug-likeness (QED) is 0.889. The first kappa shape index (κ1) is 15.9. The minimum Gasteiger partial charge on any atom is -0.465 e. The average Bonchev–Trinajstić information content (AvgIpc) is 2.93. The van der Waals surface area contributed by atoms with Crippen molar-refractivity contribution in [2.45, 2.75) is 50.4 Å². The minimum absolute atomic E-state index is 0.0397. The Kier molecular flexibility index (Phi) is 4.25. The molecular formula is C20H28N2O2. The van der Waals surface area contributed by atoms with Gasteiger partial charge < -0.3 is 10.0 Å². The van der Waals surface area contributed by atoms with Crippen LogP contribution >= 0.6 is 0 Å². The highest BCUT2D eigenvalue weighted by molar-refractivity contribution is 5.90. The van der Waals surface area contributed by atoms with Gasteiger partial charge in [0.15, 0.2) is 0 Å². The van der Waals surface area contributed by atoms with Crippen molar-refractivity contribution in [1.82, 2.24) is 4.90 Å². The van der Waals surface area contributed by atoms with E-state index >= 15 is 0 Å². The van der Waals surface area contributed by atoms with Crippen molar-refractivity contribution in [3.63, 3.8) is 0 Å². The maximum absolute atomic E-state index is 11.6. The van der Waals surface area contributed by atoms with Crippen LogP contribution in [-0.4, -0.2) is 42.3 Å². The van der Waals surface area contributed by atoms with Gasteiger partial charge in [0, 0.05) is 18.5 Å². The Hall–Kier alpha value is -1.55. The molecule has 2 fully saturated rings. The third-order valence-corrected chi connectivity index (χ3v) is 6.51. The van der Waals surface area contributed by atoms with Gasteiger partial charge in [-0.3, -0.25) is 4.90 Å². The second kappa shape index (κ2) is 6.40. The smallest absolute Gasteiger partial charge is 0.411 e. The topological polar surface area (TPSA) is 43.8 Å². The molecule has 4 heteroatoms. The third-order valence-electron chi connectivity index (χ3n) is 6.51. The zero-order valence-electron chi connectivity index (χ0n) is 14.4. The fraction of sp³-hybridized carbons (Fsp3) is 0.650. The van der Waals surface area contributed by atoms with Gasteiger partial charge in [-0.15, -0.1) is 0 Å². The highest BCUT2D eigenvalue weighted by Gasteiger charge is 2.46. The number of hydrogen-bond acceptors (Lipinski definition) is 2. The number of nitrogens with zero attached hydrogens (tertiary/aromatic N) is 2. The number of hydrogen-bond donors (Lipinski definition) is 1. The van der Waals surface area contributed by atoms with Crippen LogP contribution in [0.1, 0.15) is 50.5 Å². The molecule has 24 heavy (non-hydrogen) atoms. The number of amides is 1. The van der Waals surface area contributed by atoms with Gasteiger partial charge in [0.1, 0.15) is 0 Å². The molecule has 1 aromatic carbocycles. The van der Waals surface area contributed by atoms with E-state index in [1.165, 1.54) is 44.2 Å². The molecule has 4 nitrogen and oxygen atoms in total. The molecule has 0 aromatic heterocycles. The molecule has 1 aromatic rings. The lowest BCUT2D eigenvalue weighted by atomic mass is 9.74. The molecular weight excluding hydrogens is 300 g/mol. The van der Waals surface area contributed by atoms with Gasteiger partial charge in [0.2, 0.25) is 0 Å². The molecule has 0 radical (unpaired) electrons. The number of fused-ring (bicyclic) bond motifs is 2. The van der Waals surface area contributed by atoms with Gasteiger partial charge in [-0.1, -0.05) is 37.5 Å². The first-order valence-corrected chi connectivity index (χ1v) is 9.50. The van der Waals surface area contributed by atoms with E-state index in [-0.39, 0.29) is 5.41 Å². The van der Waals surface area contributed by atoms with E-state index in [2.05, 4.69) is 17.0 Å². The summed E-state index contributed by atoms with van der Waals surface area (Å²) in [5.74, 6) is 0.888. The Bertz CT molecular complexity index is 601. The minimum atomic E-state index is -0.816. The number of carbonyl (C=O) groups is 1. The van der Waals surface area contributed by atoms with Crippen LogP contribution in [0, 0.1) is 5.92 Å². The van der Waals surface area contributed by atoms with Crippen molar-refractivity contribution < 1.29 is 9.90 Å². The molecule has 2 aliphatic heterocycles. The lowest BCUT2D eigenvalue weighted by molar-refractivity contribution is 0.132. The summed E-state index contributed by atoms with van der Waals surface area (Å²) in [6.07, 6.45) is 8.38. The van der Waals surface area contributed by atoms with Crippen molar-refractivity contribution in [3.8, 4) is 0 Å². The number of carboxylic acid groups (broad SMARTS) is 1. The van der Waals surface area contributed by atoms with Gasteiger partial charge in [-0.2, -0.15) is 0 Å². The van der Waals surface area contributed by atoms with Crippen LogP contribution < -0.4 is 4.90 Å². The Morgan fingerprint density at radius 2 is 1.83 bits per heavy atom. The van der Waals surface area contributed by atoms with E-state index < -0.39 is 6.09 Å². The number of anilines is 1. The molecule has 1 aliphatic carbocycles. The SMILES string of the molecule is O=C(O)N1CC2(CCN(CC3CCCCC3)CC2)c2ccccc21. The van der Waals surface area contributed by atoms with Crippen molar-refractivity contribution in [1.29, 1.82) is 0 Å². The van der Waals surface area contributed by atoms with Crippen LogP contribution in [0.2, 0.25) is 0 Å². The molecule has 0 bridgehead atoms. The van der Waals surface area contributed by atoms with Crippen LogP contribution in [-0.2, 0) is 5.41 Å². The zero-order valence-corrected chi connectivity index (χ0v) is 14.4. The molecule has 1 saturated carbocycles. The maximum Gasteiger partial charge on any atom is 0.411 e. The largest absolute Gasteiger partial charge is 0.465 e. The second-order valence-electron chi connectivity index (χ2n) is 7.97. The van der Waals surface area contributed by atoms with Crippen molar-refractivity contribution in [2.75, 3.05) is 31.1 Å². The summed E-state index contributed by atoms with van der Waals surface area (Å²) < 4.78 is 0. The molecule has 2 heterocycles. The van der Waals surface area contributed by atoms with Crippen LogP contribution in [0.15, 0.2) is 24.3 Å². The van der Waals surface area contributed by atoms with E-state index in [1.54, 1.807) is 4.90 Å². The van der Waals surface area contributed by atoms with Gasteiger partial charge >= 0.3 is 6.09 Å². The number of likely N-dealkylation sites (tertiary alicyclic amines) is 1. The Morgan fingerprint density at radius 3 is 2.54 bits per heavy atom. The molecule has 1 spiro atoms. The average molecular weight is 328 g/mol. The van der Waals surface area contributed by atoms with Crippen molar-refractivity contribution in [2.24, 2.45) is 5.92 Å². The number of piperidine rings is 1. The number of benzene rings is 1. The molecule has 130 valence electrons. The first-order chi connectivity index (χ1) is 11.7. The van der Waals surface area contributed by atoms with Gasteiger partial charge in [-0.05, 0) is 56.3 Å². The molecule has 4 rings (SSSR count).